The molecule has 0 saturated carbocycles. The van der Waals surface area contributed by atoms with Gasteiger partial charge in [0.1, 0.15) is 48.8 Å². The molecule has 12 unspecified atom stereocenters. The van der Waals surface area contributed by atoms with Crippen LogP contribution < -0.4 is 5.32 Å². The minimum atomic E-state index is -1.79. The number of carbonyl (C=O) groups excluding carboxylic acids is 1. The number of unbranched alkanes of at least 4 members (excludes halogenated alkanes) is 20. The number of aliphatic hydroxyl groups excluding tert-OH is 8. The zero-order valence-electron chi connectivity index (χ0n) is 40.7. The Bertz CT molecular complexity index is 1290. The Labute approximate surface area is 397 Å². The zero-order valence-corrected chi connectivity index (χ0v) is 40.7. The number of allylic oxidation sites excluding steroid dienone is 7. The average molecular weight is 940 g/mol. The van der Waals surface area contributed by atoms with Gasteiger partial charge < -0.3 is 65.1 Å². The first-order valence-corrected chi connectivity index (χ1v) is 25.9. The van der Waals surface area contributed by atoms with E-state index in [2.05, 4.69) is 55.6 Å². The highest BCUT2D eigenvalue weighted by Gasteiger charge is 2.51. The number of amides is 1. The van der Waals surface area contributed by atoms with Gasteiger partial charge in [0, 0.05) is 6.42 Å². The maximum absolute atomic E-state index is 13.2. The molecule has 2 aliphatic rings. The van der Waals surface area contributed by atoms with Crippen LogP contribution in [0.4, 0.5) is 0 Å². The summed E-state index contributed by atoms with van der Waals surface area (Å²) in [5.74, 6) is -0.266. The number of hydrogen-bond acceptors (Lipinski definition) is 13. The second-order valence-corrected chi connectivity index (χ2v) is 18.3. The molecule has 2 aliphatic heterocycles. The minimum Gasteiger partial charge on any atom is -0.394 e. The summed E-state index contributed by atoms with van der Waals surface area (Å²) >= 11 is 0. The first-order chi connectivity index (χ1) is 32.1. The molecule has 1 amide bonds. The van der Waals surface area contributed by atoms with Crippen LogP contribution in [-0.2, 0) is 23.7 Å². The van der Waals surface area contributed by atoms with E-state index in [1.54, 1.807) is 6.08 Å². The van der Waals surface area contributed by atoms with Gasteiger partial charge in [0.2, 0.25) is 5.91 Å². The van der Waals surface area contributed by atoms with Crippen LogP contribution in [0.3, 0.4) is 0 Å². The molecule has 2 saturated heterocycles. The molecular weight excluding hydrogens is 847 g/mol. The summed E-state index contributed by atoms with van der Waals surface area (Å²) in [6.07, 6.45) is 28.6. The van der Waals surface area contributed by atoms with Crippen LogP contribution in [0.5, 0.6) is 0 Å². The van der Waals surface area contributed by atoms with Crippen LogP contribution in [0.25, 0.3) is 0 Å². The van der Waals surface area contributed by atoms with Crippen molar-refractivity contribution in [2.75, 3.05) is 19.8 Å². The van der Waals surface area contributed by atoms with E-state index in [1.807, 2.05) is 6.08 Å². The van der Waals surface area contributed by atoms with Crippen molar-refractivity contribution >= 4 is 5.91 Å². The molecule has 14 nitrogen and oxygen atoms in total. The summed E-state index contributed by atoms with van der Waals surface area (Å²) < 4.78 is 22.7. The smallest absolute Gasteiger partial charge is 0.220 e. The molecule has 2 heterocycles. The van der Waals surface area contributed by atoms with E-state index in [-0.39, 0.29) is 18.9 Å². The molecule has 0 aliphatic carbocycles. The summed E-state index contributed by atoms with van der Waals surface area (Å²) in [7, 11) is 0. The number of hydrogen-bond donors (Lipinski definition) is 9. The lowest BCUT2D eigenvalue weighted by Crippen LogP contribution is -2.65. The lowest BCUT2D eigenvalue weighted by Gasteiger charge is -2.46. The van der Waals surface area contributed by atoms with E-state index in [0.717, 1.165) is 57.8 Å². The van der Waals surface area contributed by atoms with Gasteiger partial charge in [-0.2, -0.15) is 0 Å². The molecule has 2 rings (SSSR count). The molecule has 0 radical (unpaired) electrons. The van der Waals surface area contributed by atoms with Crippen molar-refractivity contribution in [3.05, 3.63) is 48.6 Å². The largest absolute Gasteiger partial charge is 0.394 e. The van der Waals surface area contributed by atoms with Crippen LogP contribution >= 0.6 is 0 Å². The third kappa shape index (κ3) is 25.5. The third-order valence-electron chi connectivity index (χ3n) is 12.5. The summed E-state index contributed by atoms with van der Waals surface area (Å²) in [5, 5.41) is 86.7. The predicted molar refractivity (Wildman–Crippen MR) is 258 cm³/mol. The van der Waals surface area contributed by atoms with Gasteiger partial charge in [-0.25, -0.2) is 0 Å². The van der Waals surface area contributed by atoms with Crippen LogP contribution in [0.1, 0.15) is 181 Å². The predicted octanol–water partition coefficient (Wildman–Crippen LogP) is 6.88. The molecule has 0 bridgehead atoms. The molecule has 0 aromatic carbocycles. The van der Waals surface area contributed by atoms with Gasteiger partial charge in [0.05, 0.1) is 32.0 Å². The van der Waals surface area contributed by atoms with Crippen molar-refractivity contribution in [3.8, 4) is 0 Å². The SMILES string of the molecule is CCCC/C=C\C/C=C\CCCCCCCC(=O)NC(COC1OC(CO)C(OC2OC(CO)C(O)C(O)C2O)C(O)C1O)C(O)/C=C/CC/C=C/CCCCCCCCCCCCCC. The lowest BCUT2D eigenvalue weighted by molar-refractivity contribution is -0.359. The highest BCUT2D eigenvalue weighted by Crippen LogP contribution is 2.30. The highest BCUT2D eigenvalue weighted by molar-refractivity contribution is 5.76. The Balaban J connectivity index is 1.87. The Hall–Kier alpha value is -2.05. The standard InChI is InChI=1S/C52H93NO13/c1-3-5-7-9-11-13-15-17-19-20-21-22-23-25-27-29-31-33-35-41(56)40(53-44(57)36-34-32-30-28-26-24-18-16-14-12-10-8-6-4-2)39-63-51-49(62)47(60)50(43(38-55)65-51)66-52-48(61)46(59)45(58)42(37-54)64-52/h10,12,16,18,25,27,33,35,40-43,45-52,54-56,58-62H,3-9,11,13-15,17,19-24,26,28-32,34,36-39H2,1-2H3,(H,53,57)/b12-10-,18-16-,27-25+,35-33+. The molecule has 9 N–H and O–H groups in total. The van der Waals surface area contributed by atoms with Gasteiger partial charge in [-0.15, -0.1) is 0 Å². The van der Waals surface area contributed by atoms with Crippen molar-refractivity contribution in [2.24, 2.45) is 0 Å². The third-order valence-corrected chi connectivity index (χ3v) is 12.5. The maximum Gasteiger partial charge on any atom is 0.220 e. The number of aliphatic hydroxyl groups is 8. The van der Waals surface area contributed by atoms with E-state index in [4.69, 9.17) is 18.9 Å². The highest BCUT2D eigenvalue weighted by atomic mass is 16.7. The second-order valence-electron chi connectivity index (χ2n) is 18.3. The van der Waals surface area contributed by atoms with E-state index in [9.17, 15) is 45.6 Å². The van der Waals surface area contributed by atoms with Crippen molar-refractivity contribution in [1.29, 1.82) is 0 Å². The number of carbonyl (C=O) groups is 1. The van der Waals surface area contributed by atoms with Crippen LogP contribution in [0.15, 0.2) is 48.6 Å². The Kier molecular flexibility index (Phi) is 35.3. The molecule has 14 heteroatoms. The quantitative estimate of drug-likeness (QED) is 0.0227. The number of ether oxygens (including phenoxy) is 4. The maximum atomic E-state index is 13.2. The minimum absolute atomic E-state index is 0.256. The van der Waals surface area contributed by atoms with Crippen LogP contribution in [-0.4, -0.2) is 140 Å². The van der Waals surface area contributed by atoms with Crippen molar-refractivity contribution < 1.29 is 64.6 Å². The fourth-order valence-corrected chi connectivity index (χ4v) is 8.20. The Morgan fingerprint density at radius 2 is 1.03 bits per heavy atom. The topological polar surface area (TPSA) is 228 Å². The zero-order chi connectivity index (χ0) is 48.2. The van der Waals surface area contributed by atoms with Crippen LogP contribution in [0.2, 0.25) is 0 Å². The summed E-state index contributed by atoms with van der Waals surface area (Å²) in [5.41, 5.74) is 0. The number of nitrogens with one attached hydrogen (secondary N) is 1. The van der Waals surface area contributed by atoms with Crippen molar-refractivity contribution in [2.45, 2.75) is 254 Å². The molecule has 66 heavy (non-hydrogen) atoms. The summed E-state index contributed by atoms with van der Waals surface area (Å²) in [6.45, 7) is 2.71. The first-order valence-electron chi connectivity index (χ1n) is 25.9. The summed E-state index contributed by atoms with van der Waals surface area (Å²) in [6, 6.07) is -0.938. The van der Waals surface area contributed by atoms with E-state index >= 15 is 0 Å². The molecule has 0 spiro atoms. The molecule has 0 aromatic rings. The van der Waals surface area contributed by atoms with E-state index in [1.165, 1.54) is 89.9 Å². The van der Waals surface area contributed by atoms with Crippen molar-refractivity contribution in [1.82, 2.24) is 5.32 Å². The molecule has 384 valence electrons. The average Bonchev–Trinajstić information content (AvgIpc) is 3.31. The molecule has 0 aromatic heterocycles. The fourth-order valence-electron chi connectivity index (χ4n) is 8.20. The normalized spacial score (nSPS) is 27.2. The Morgan fingerprint density at radius 3 is 1.62 bits per heavy atom. The second kappa shape index (κ2) is 38.8. The Morgan fingerprint density at radius 1 is 0.545 bits per heavy atom. The molecule has 2 fully saturated rings. The number of rotatable bonds is 39. The summed E-state index contributed by atoms with van der Waals surface area (Å²) in [4.78, 5) is 13.2. The van der Waals surface area contributed by atoms with Gasteiger partial charge in [-0.05, 0) is 57.8 Å². The van der Waals surface area contributed by atoms with Gasteiger partial charge in [0.25, 0.3) is 0 Å². The van der Waals surface area contributed by atoms with Gasteiger partial charge in [-0.3, -0.25) is 4.79 Å². The molecular formula is C52H93NO13. The lowest BCUT2D eigenvalue weighted by atomic mass is 9.97. The van der Waals surface area contributed by atoms with Gasteiger partial charge in [0.15, 0.2) is 12.6 Å². The van der Waals surface area contributed by atoms with Gasteiger partial charge >= 0.3 is 0 Å². The van der Waals surface area contributed by atoms with E-state index < -0.39 is 86.8 Å². The van der Waals surface area contributed by atoms with Crippen LogP contribution in [0, 0.1) is 0 Å². The monoisotopic (exact) mass is 940 g/mol. The van der Waals surface area contributed by atoms with E-state index in [0.29, 0.717) is 12.8 Å². The first kappa shape index (κ1) is 60.1. The van der Waals surface area contributed by atoms with Gasteiger partial charge in [-0.1, -0.05) is 165 Å². The van der Waals surface area contributed by atoms with Crippen molar-refractivity contribution in [3.63, 3.8) is 0 Å². The fraction of sp³-hybridized carbons (Fsp3) is 0.827. The molecule has 12 atom stereocenters.